The van der Waals surface area contributed by atoms with Gasteiger partial charge in [-0.15, -0.1) is 11.3 Å². The van der Waals surface area contributed by atoms with Crippen LogP contribution in [0.3, 0.4) is 0 Å². The predicted octanol–water partition coefficient (Wildman–Crippen LogP) is 3.19. The fourth-order valence-corrected chi connectivity index (χ4v) is 3.86. The van der Waals surface area contributed by atoms with E-state index in [2.05, 4.69) is 11.1 Å². The molecule has 1 unspecified atom stereocenters. The van der Waals surface area contributed by atoms with Crippen molar-refractivity contribution in [2.45, 2.75) is 26.2 Å². The van der Waals surface area contributed by atoms with Crippen LogP contribution >= 0.6 is 11.3 Å². The van der Waals surface area contributed by atoms with Crippen molar-refractivity contribution >= 4 is 17.2 Å². The number of carbonyl (C=O) groups excluding carboxylic acids is 1. The summed E-state index contributed by atoms with van der Waals surface area (Å²) in [4.78, 5) is 18.9. The second-order valence-electron chi connectivity index (χ2n) is 6.67. The first-order valence-corrected chi connectivity index (χ1v) is 9.86. The van der Waals surface area contributed by atoms with Gasteiger partial charge in [-0.05, 0) is 31.9 Å². The van der Waals surface area contributed by atoms with Crippen molar-refractivity contribution in [1.29, 1.82) is 5.26 Å². The van der Waals surface area contributed by atoms with Crippen LogP contribution in [-0.4, -0.2) is 42.6 Å². The zero-order chi connectivity index (χ0) is 19.2. The van der Waals surface area contributed by atoms with Crippen LogP contribution < -0.4 is 9.47 Å². The van der Waals surface area contributed by atoms with Gasteiger partial charge in [0.2, 0.25) is 5.91 Å². The molecule has 142 valence electrons. The summed E-state index contributed by atoms with van der Waals surface area (Å²) in [5.74, 6) is 1.58. The van der Waals surface area contributed by atoms with E-state index in [1.165, 1.54) is 0 Å². The summed E-state index contributed by atoms with van der Waals surface area (Å²) in [6.45, 7) is 3.95. The van der Waals surface area contributed by atoms with Gasteiger partial charge in [0, 0.05) is 30.5 Å². The van der Waals surface area contributed by atoms with E-state index in [9.17, 15) is 4.79 Å². The Balaban J connectivity index is 1.55. The minimum Gasteiger partial charge on any atom is -0.493 e. The summed E-state index contributed by atoms with van der Waals surface area (Å²) in [5.41, 5.74) is 1.38. The molecule has 2 aromatic rings. The number of hydrogen-bond acceptors (Lipinski definition) is 6. The van der Waals surface area contributed by atoms with Crippen molar-refractivity contribution in [3.63, 3.8) is 0 Å². The van der Waals surface area contributed by atoms with Crippen LogP contribution in [0.2, 0.25) is 0 Å². The molecule has 0 N–H and O–H groups in total. The highest BCUT2D eigenvalue weighted by atomic mass is 32.1. The number of nitrogens with zero attached hydrogens (tertiary/aromatic N) is 3. The number of likely N-dealkylation sites (tertiary alicyclic amines) is 1. The van der Waals surface area contributed by atoms with Gasteiger partial charge in [0.1, 0.15) is 0 Å². The molecular weight excluding hydrogens is 362 g/mol. The van der Waals surface area contributed by atoms with Gasteiger partial charge in [0.15, 0.2) is 11.5 Å². The number of carbonyl (C=O) groups is 1. The molecule has 1 aromatic heterocycles. The third-order valence-corrected chi connectivity index (χ3v) is 5.46. The van der Waals surface area contributed by atoms with Crippen LogP contribution in [0, 0.1) is 24.2 Å². The van der Waals surface area contributed by atoms with Crippen LogP contribution in [0.4, 0.5) is 0 Å². The molecule has 2 heterocycles. The number of nitriles is 1. The maximum Gasteiger partial charge on any atom is 0.228 e. The van der Waals surface area contributed by atoms with Crippen LogP contribution in [-0.2, 0) is 11.2 Å². The monoisotopic (exact) mass is 385 g/mol. The standard InChI is InChI=1S/C20H23N3O3S/c1-14-22-17(13-27-14)9-20(24)23-7-3-4-16(11-23)12-26-18-6-5-15(10-21)8-19(18)25-2/h5-6,8,13,16H,3-4,7,9,11-12H2,1-2H3. The average molecular weight is 385 g/mol. The number of methoxy groups -OCH3 is 1. The SMILES string of the molecule is COc1cc(C#N)ccc1OCC1CCCN(C(=O)Cc2csc(C)n2)C1. The summed E-state index contributed by atoms with van der Waals surface area (Å²) in [7, 11) is 1.56. The Kier molecular flexibility index (Phi) is 6.30. The second-order valence-corrected chi connectivity index (χ2v) is 7.73. The van der Waals surface area contributed by atoms with E-state index in [1.54, 1.807) is 36.6 Å². The Morgan fingerprint density at radius 2 is 2.30 bits per heavy atom. The Morgan fingerprint density at radius 1 is 1.44 bits per heavy atom. The lowest BCUT2D eigenvalue weighted by atomic mass is 9.98. The van der Waals surface area contributed by atoms with Crippen molar-refractivity contribution in [3.8, 4) is 17.6 Å². The van der Waals surface area contributed by atoms with Crippen LogP contribution in [0.5, 0.6) is 11.5 Å². The molecule has 0 radical (unpaired) electrons. The van der Waals surface area contributed by atoms with Crippen LogP contribution in [0.1, 0.15) is 29.1 Å². The molecule has 1 aliphatic rings. The lowest BCUT2D eigenvalue weighted by Gasteiger charge is -2.32. The molecule has 0 saturated carbocycles. The van der Waals surface area contributed by atoms with E-state index < -0.39 is 0 Å². The van der Waals surface area contributed by atoms with E-state index >= 15 is 0 Å². The number of ether oxygens (including phenoxy) is 2. The molecule has 3 rings (SSSR count). The first-order valence-electron chi connectivity index (χ1n) is 8.98. The normalized spacial score (nSPS) is 16.6. The third-order valence-electron chi connectivity index (χ3n) is 4.64. The highest BCUT2D eigenvalue weighted by molar-refractivity contribution is 7.09. The Morgan fingerprint density at radius 3 is 3.00 bits per heavy atom. The van der Waals surface area contributed by atoms with Gasteiger partial charge in [0.05, 0.1) is 42.5 Å². The van der Waals surface area contributed by atoms with E-state index in [4.69, 9.17) is 14.7 Å². The van der Waals surface area contributed by atoms with Gasteiger partial charge in [-0.3, -0.25) is 4.79 Å². The molecule has 27 heavy (non-hydrogen) atoms. The highest BCUT2D eigenvalue weighted by Crippen LogP contribution is 2.29. The minimum absolute atomic E-state index is 0.126. The predicted molar refractivity (Wildman–Crippen MR) is 103 cm³/mol. The lowest BCUT2D eigenvalue weighted by molar-refractivity contribution is -0.132. The zero-order valence-corrected chi connectivity index (χ0v) is 16.4. The summed E-state index contributed by atoms with van der Waals surface area (Å²) >= 11 is 1.57. The van der Waals surface area contributed by atoms with Crippen molar-refractivity contribution in [2.24, 2.45) is 5.92 Å². The fourth-order valence-electron chi connectivity index (χ4n) is 3.25. The number of thiazole rings is 1. The molecule has 0 spiro atoms. The van der Waals surface area contributed by atoms with Crippen molar-refractivity contribution in [2.75, 3.05) is 26.8 Å². The smallest absolute Gasteiger partial charge is 0.228 e. The second kappa shape index (κ2) is 8.87. The van der Waals surface area contributed by atoms with E-state index in [0.29, 0.717) is 36.6 Å². The molecule has 1 atom stereocenters. The molecule has 0 bridgehead atoms. The van der Waals surface area contributed by atoms with Gasteiger partial charge in [0.25, 0.3) is 0 Å². The van der Waals surface area contributed by atoms with Crippen LogP contribution in [0.15, 0.2) is 23.6 Å². The third kappa shape index (κ3) is 4.98. The highest BCUT2D eigenvalue weighted by Gasteiger charge is 2.25. The lowest BCUT2D eigenvalue weighted by Crippen LogP contribution is -2.42. The summed E-state index contributed by atoms with van der Waals surface area (Å²) in [6.07, 6.45) is 2.36. The van der Waals surface area contributed by atoms with Gasteiger partial charge >= 0.3 is 0 Å². The molecule has 1 aromatic carbocycles. The van der Waals surface area contributed by atoms with Gasteiger partial charge in [-0.1, -0.05) is 0 Å². The molecular formula is C20H23N3O3S. The van der Waals surface area contributed by atoms with E-state index in [-0.39, 0.29) is 11.8 Å². The van der Waals surface area contributed by atoms with Gasteiger partial charge in [-0.2, -0.15) is 5.26 Å². The topological polar surface area (TPSA) is 75.5 Å². The number of aryl methyl sites for hydroxylation is 1. The maximum atomic E-state index is 12.6. The molecule has 6 nitrogen and oxygen atoms in total. The number of aromatic nitrogens is 1. The molecule has 0 aliphatic carbocycles. The fraction of sp³-hybridized carbons (Fsp3) is 0.450. The van der Waals surface area contributed by atoms with Crippen molar-refractivity contribution in [1.82, 2.24) is 9.88 Å². The summed E-state index contributed by atoms with van der Waals surface area (Å²) in [5, 5.41) is 11.9. The number of benzene rings is 1. The first kappa shape index (κ1) is 19.2. The molecule has 1 fully saturated rings. The Hall–Kier alpha value is -2.59. The number of rotatable bonds is 6. The zero-order valence-electron chi connectivity index (χ0n) is 15.6. The van der Waals surface area contributed by atoms with Crippen LogP contribution in [0.25, 0.3) is 0 Å². The van der Waals surface area contributed by atoms with Gasteiger partial charge < -0.3 is 14.4 Å². The number of hydrogen-bond donors (Lipinski definition) is 0. The molecule has 1 saturated heterocycles. The number of amides is 1. The summed E-state index contributed by atoms with van der Waals surface area (Å²) in [6, 6.07) is 7.23. The molecule has 7 heteroatoms. The Labute approximate surface area is 163 Å². The minimum atomic E-state index is 0.126. The molecule has 1 amide bonds. The quantitative estimate of drug-likeness (QED) is 0.763. The van der Waals surface area contributed by atoms with Crippen molar-refractivity contribution < 1.29 is 14.3 Å². The molecule has 1 aliphatic heterocycles. The van der Waals surface area contributed by atoms with Gasteiger partial charge in [-0.25, -0.2) is 4.98 Å². The largest absolute Gasteiger partial charge is 0.493 e. The van der Waals surface area contributed by atoms with E-state index in [0.717, 1.165) is 30.1 Å². The first-order chi connectivity index (χ1) is 13.1. The van der Waals surface area contributed by atoms with E-state index in [1.807, 2.05) is 17.2 Å². The number of piperidine rings is 1. The maximum absolute atomic E-state index is 12.6. The summed E-state index contributed by atoms with van der Waals surface area (Å²) < 4.78 is 11.2. The Bertz CT molecular complexity index is 843. The van der Waals surface area contributed by atoms with Crippen molar-refractivity contribution in [3.05, 3.63) is 39.8 Å². The average Bonchev–Trinajstić information content (AvgIpc) is 3.11.